The van der Waals surface area contributed by atoms with Crippen LogP contribution < -0.4 is 0 Å². The first kappa shape index (κ1) is 12.7. The van der Waals surface area contributed by atoms with Crippen molar-refractivity contribution < 1.29 is 9.53 Å². The zero-order valence-corrected chi connectivity index (χ0v) is 11.4. The first-order chi connectivity index (χ1) is 9.81. The monoisotopic (exact) mass is 264 g/mol. The summed E-state index contributed by atoms with van der Waals surface area (Å²) < 4.78 is 4.63. The van der Waals surface area contributed by atoms with Gasteiger partial charge in [0.05, 0.1) is 7.11 Å². The lowest BCUT2D eigenvalue weighted by Gasteiger charge is -2.10. The van der Waals surface area contributed by atoms with Gasteiger partial charge in [-0.05, 0) is 28.7 Å². The van der Waals surface area contributed by atoms with Crippen molar-refractivity contribution >= 4 is 5.97 Å². The Bertz CT molecular complexity index is 625. The molecule has 0 saturated heterocycles. The molecule has 100 valence electrons. The Morgan fingerprint density at radius 2 is 1.60 bits per heavy atom. The van der Waals surface area contributed by atoms with E-state index in [1.807, 2.05) is 6.08 Å². The predicted molar refractivity (Wildman–Crippen MR) is 79.5 cm³/mol. The largest absolute Gasteiger partial charge is 0.466 e. The minimum atomic E-state index is -0.301. The van der Waals surface area contributed by atoms with E-state index in [0.29, 0.717) is 5.92 Å². The summed E-state index contributed by atoms with van der Waals surface area (Å²) in [5.74, 6) is 0.0212. The average Bonchev–Trinajstić information content (AvgIpc) is 2.82. The molecule has 0 bridgehead atoms. The molecular formula is C18H16O2. The van der Waals surface area contributed by atoms with Gasteiger partial charge in [0.15, 0.2) is 0 Å². The summed E-state index contributed by atoms with van der Waals surface area (Å²) in [5.41, 5.74) is 5.28. The zero-order chi connectivity index (χ0) is 13.9. The predicted octanol–water partition coefficient (Wildman–Crippen LogP) is 3.92. The average molecular weight is 264 g/mol. The van der Waals surface area contributed by atoms with Crippen molar-refractivity contribution in [3.8, 4) is 11.1 Å². The van der Waals surface area contributed by atoms with E-state index in [9.17, 15) is 4.79 Å². The van der Waals surface area contributed by atoms with Gasteiger partial charge >= 0.3 is 5.97 Å². The number of rotatable bonds is 3. The van der Waals surface area contributed by atoms with Crippen molar-refractivity contribution in [3.05, 3.63) is 71.8 Å². The van der Waals surface area contributed by atoms with Crippen molar-refractivity contribution in [3.63, 3.8) is 0 Å². The molecule has 0 N–H and O–H groups in total. The Balaban J connectivity index is 1.95. The van der Waals surface area contributed by atoms with Gasteiger partial charge in [-0.3, -0.25) is 0 Å². The summed E-state index contributed by atoms with van der Waals surface area (Å²) in [6, 6.07) is 17.0. The summed E-state index contributed by atoms with van der Waals surface area (Å²) in [7, 11) is 1.40. The molecule has 0 saturated carbocycles. The number of benzene rings is 2. The van der Waals surface area contributed by atoms with Crippen LogP contribution in [0.4, 0.5) is 0 Å². The third kappa shape index (κ3) is 2.14. The normalized spacial score (nSPS) is 13.2. The van der Waals surface area contributed by atoms with E-state index in [4.69, 9.17) is 0 Å². The summed E-state index contributed by atoms with van der Waals surface area (Å²) in [6.45, 7) is 0. The van der Waals surface area contributed by atoms with Crippen LogP contribution in [0.25, 0.3) is 11.1 Å². The van der Waals surface area contributed by atoms with Gasteiger partial charge < -0.3 is 4.74 Å². The van der Waals surface area contributed by atoms with Crippen LogP contribution in [0, 0.1) is 0 Å². The molecule has 2 nitrogen and oxygen atoms in total. The Kier molecular flexibility index (Phi) is 3.38. The molecule has 0 aliphatic heterocycles. The fourth-order valence-corrected chi connectivity index (χ4v) is 2.88. The number of esters is 1. The Morgan fingerprint density at radius 1 is 1.05 bits per heavy atom. The van der Waals surface area contributed by atoms with Crippen molar-refractivity contribution in [2.24, 2.45) is 0 Å². The molecule has 0 unspecified atom stereocenters. The SMILES string of the molecule is COC(=O)C=CCC1c2ccccc2-c2ccccc21. The highest BCUT2D eigenvalue weighted by Gasteiger charge is 2.26. The van der Waals surface area contributed by atoms with Crippen LogP contribution in [0.5, 0.6) is 0 Å². The Morgan fingerprint density at radius 3 is 2.15 bits per heavy atom. The Hall–Kier alpha value is -2.35. The molecule has 0 spiro atoms. The van der Waals surface area contributed by atoms with Gasteiger partial charge in [0.25, 0.3) is 0 Å². The second-order valence-corrected chi connectivity index (χ2v) is 4.89. The molecule has 1 aliphatic carbocycles. The number of ether oxygens (including phenoxy) is 1. The molecular weight excluding hydrogens is 248 g/mol. The molecule has 0 fully saturated rings. The van der Waals surface area contributed by atoms with E-state index in [1.165, 1.54) is 35.4 Å². The van der Waals surface area contributed by atoms with Crippen LogP contribution in [-0.2, 0) is 9.53 Å². The molecule has 2 aromatic rings. The summed E-state index contributed by atoms with van der Waals surface area (Å²) >= 11 is 0. The van der Waals surface area contributed by atoms with Crippen molar-refractivity contribution in [1.82, 2.24) is 0 Å². The van der Waals surface area contributed by atoms with Gasteiger partial charge in [0.1, 0.15) is 0 Å². The zero-order valence-electron chi connectivity index (χ0n) is 11.4. The molecule has 2 heteroatoms. The maximum atomic E-state index is 11.2. The van der Waals surface area contributed by atoms with Crippen LogP contribution in [0.3, 0.4) is 0 Å². The first-order valence-electron chi connectivity index (χ1n) is 6.74. The second kappa shape index (κ2) is 5.33. The lowest BCUT2D eigenvalue weighted by molar-refractivity contribution is -0.134. The fourth-order valence-electron chi connectivity index (χ4n) is 2.88. The third-order valence-corrected chi connectivity index (χ3v) is 3.79. The van der Waals surface area contributed by atoms with Crippen LogP contribution in [-0.4, -0.2) is 13.1 Å². The van der Waals surface area contributed by atoms with Crippen LogP contribution in [0.1, 0.15) is 23.5 Å². The van der Waals surface area contributed by atoms with Gasteiger partial charge in [-0.25, -0.2) is 4.79 Å². The summed E-state index contributed by atoms with van der Waals surface area (Å²) in [5, 5.41) is 0. The molecule has 0 heterocycles. The van der Waals surface area contributed by atoms with Crippen molar-refractivity contribution in [1.29, 1.82) is 0 Å². The number of methoxy groups -OCH3 is 1. The van der Waals surface area contributed by atoms with E-state index in [-0.39, 0.29) is 5.97 Å². The lowest BCUT2D eigenvalue weighted by atomic mass is 9.93. The molecule has 20 heavy (non-hydrogen) atoms. The topological polar surface area (TPSA) is 26.3 Å². The van der Waals surface area contributed by atoms with Gasteiger partial charge in [0.2, 0.25) is 0 Å². The maximum Gasteiger partial charge on any atom is 0.330 e. The van der Waals surface area contributed by atoms with Gasteiger partial charge in [-0.2, -0.15) is 0 Å². The minimum Gasteiger partial charge on any atom is -0.466 e. The Labute approximate surface area is 118 Å². The number of allylic oxidation sites excluding steroid dienone is 1. The van der Waals surface area contributed by atoms with Crippen LogP contribution >= 0.6 is 0 Å². The van der Waals surface area contributed by atoms with Gasteiger partial charge in [-0.15, -0.1) is 0 Å². The molecule has 0 radical (unpaired) electrons. The van der Waals surface area contributed by atoms with E-state index >= 15 is 0 Å². The van der Waals surface area contributed by atoms with Gasteiger partial charge in [0, 0.05) is 12.0 Å². The number of hydrogen-bond acceptors (Lipinski definition) is 2. The summed E-state index contributed by atoms with van der Waals surface area (Å²) in [4.78, 5) is 11.2. The van der Waals surface area contributed by atoms with Crippen LogP contribution in [0.2, 0.25) is 0 Å². The van der Waals surface area contributed by atoms with Gasteiger partial charge in [-0.1, -0.05) is 54.6 Å². The van der Waals surface area contributed by atoms with E-state index in [1.54, 1.807) is 0 Å². The van der Waals surface area contributed by atoms with E-state index < -0.39 is 0 Å². The number of carbonyl (C=O) groups is 1. The van der Waals surface area contributed by atoms with Crippen molar-refractivity contribution in [2.45, 2.75) is 12.3 Å². The van der Waals surface area contributed by atoms with Crippen LogP contribution in [0.15, 0.2) is 60.7 Å². The molecule has 0 atom stereocenters. The highest BCUT2D eigenvalue weighted by molar-refractivity contribution is 5.82. The maximum absolute atomic E-state index is 11.2. The van der Waals surface area contributed by atoms with E-state index in [0.717, 1.165) is 6.42 Å². The quantitative estimate of drug-likeness (QED) is 0.620. The highest BCUT2D eigenvalue weighted by Crippen LogP contribution is 2.46. The smallest absolute Gasteiger partial charge is 0.330 e. The number of hydrogen-bond donors (Lipinski definition) is 0. The highest BCUT2D eigenvalue weighted by atomic mass is 16.5. The first-order valence-corrected chi connectivity index (χ1v) is 6.74. The third-order valence-electron chi connectivity index (χ3n) is 3.79. The van der Waals surface area contributed by atoms with E-state index in [2.05, 4.69) is 53.3 Å². The number of fused-ring (bicyclic) bond motifs is 3. The number of carbonyl (C=O) groups excluding carboxylic acids is 1. The van der Waals surface area contributed by atoms with Crippen molar-refractivity contribution in [2.75, 3.05) is 7.11 Å². The molecule has 2 aromatic carbocycles. The lowest BCUT2D eigenvalue weighted by Crippen LogP contribution is -1.97. The molecule has 0 aromatic heterocycles. The summed E-state index contributed by atoms with van der Waals surface area (Å²) in [6.07, 6.45) is 4.21. The molecule has 1 aliphatic rings. The standard InChI is InChI=1S/C18H16O2/c1-20-18(19)12-6-11-17-15-9-4-2-7-13(15)14-8-3-5-10-16(14)17/h2-10,12,17H,11H2,1H3. The minimum absolute atomic E-state index is 0.301. The molecule has 0 amide bonds. The molecule has 3 rings (SSSR count). The second-order valence-electron chi connectivity index (χ2n) is 4.89. The fraction of sp³-hybridized carbons (Fsp3) is 0.167.